The first-order valence-corrected chi connectivity index (χ1v) is 6.84. The van der Waals surface area contributed by atoms with E-state index in [0.29, 0.717) is 11.3 Å². The quantitative estimate of drug-likeness (QED) is 0.856. The number of Topliss-reactive ketones (excluding diaryl/α,β-unsaturated/α-hetero) is 1. The molecule has 0 unspecified atom stereocenters. The van der Waals surface area contributed by atoms with E-state index in [4.69, 9.17) is 0 Å². The van der Waals surface area contributed by atoms with Gasteiger partial charge in [-0.3, -0.25) is 9.59 Å². The minimum Gasteiger partial charge on any atom is -0.375 e. The van der Waals surface area contributed by atoms with Crippen LogP contribution in [0.1, 0.15) is 27.9 Å². The number of nitrogens with one attached hydrogen (secondary N) is 1. The summed E-state index contributed by atoms with van der Waals surface area (Å²) in [5, 5.41) is 13.3. The van der Waals surface area contributed by atoms with Crippen LogP contribution in [0.2, 0.25) is 0 Å². The van der Waals surface area contributed by atoms with Crippen molar-refractivity contribution in [2.75, 3.05) is 5.32 Å². The van der Waals surface area contributed by atoms with Crippen molar-refractivity contribution in [3.63, 3.8) is 0 Å². The summed E-state index contributed by atoms with van der Waals surface area (Å²) >= 11 is 0. The largest absolute Gasteiger partial charge is 0.375 e. The molecule has 1 aliphatic rings. The monoisotopic (exact) mass is 299 g/mol. The van der Waals surface area contributed by atoms with Crippen LogP contribution >= 0.6 is 0 Å². The lowest BCUT2D eigenvalue weighted by Crippen LogP contribution is -2.36. The number of aryl methyl sites for hydroxylation is 1. The highest BCUT2D eigenvalue weighted by Gasteiger charge is 2.46. The molecule has 0 saturated carbocycles. The highest BCUT2D eigenvalue weighted by Crippen LogP contribution is 2.39. The molecule has 2 N–H and O–H groups in total. The standard InChI is InChI=1S/C17H14FNO3/c1-10-2-7-14-13(8-10)17(22,16(21)19-14)9-15(20)11-3-5-12(18)6-4-11/h2-8,22H,9H2,1H3,(H,19,21)/t17-/m0/s1. The zero-order chi connectivity index (χ0) is 15.9. The summed E-state index contributed by atoms with van der Waals surface area (Å²) in [5.41, 5.74) is 0.136. The average Bonchev–Trinajstić information content (AvgIpc) is 2.71. The molecule has 0 spiro atoms. The van der Waals surface area contributed by atoms with Crippen molar-refractivity contribution in [3.05, 3.63) is 65.0 Å². The van der Waals surface area contributed by atoms with Gasteiger partial charge in [-0.15, -0.1) is 0 Å². The van der Waals surface area contributed by atoms with Crippen molar-refractivity contribution in [2.24, 2.45) is 0 Å². The number of hydrogen-bond acceptors (Lipinski definition) is 3. The fourth-order valence-electron chi connectivity index (χ4n) is 2.60. The summed E-state index contributed by atoms with van der Waals surface area (Å²) in [7, 11) is 0. The summed E-state index contributed by atoms with van der Waals surface area (Å²) in [6.45, 7) is 1.84. The fraction of sp³-hybridized carbons (Fsp3) is 0.176. The molecule has 0 fully saturated rings. The van der Waals surface area contributed by atoms with Gasteiger partial charge in [0, 0.05) is 16.8 Å². The van der Waals surface area contributed by atoms with Gasteiger partial charge in [0.25, 0.3) is 5.91 Å². The molecule has 112 valence electrons. The lowest BCUT2D eigenvalue weighted by atomic mass is 9.87. The number of anilines is 1. The van der Waals surface area contributed by atoms with Gasteiger partial charge in [-0.25, -0.2) is 4.39 Å². The van der Waals surface area contributed by atoms with E-state index in [1.807, 2.05) is 13.0 Å². The van der Waals surface area contributed by atoms with E-state index in [1.165, 1.54) is 24.3 Å². The number of benzene rings is 2. The molecule has 1 heterocycles. The third kappa shape index (κ3) is 2.29. The van der Waals surface area contributed by atoms with Crippen LogP contribution in [0.5, 0.6) is 0 Å². The molecule has 3 rings (SSSR count). The Morgan fingerprint density at radius 3 is 2.59 bits per heavy atom. The number of carbonyl (C=O) groups is 2. The Bertz CT molecular complexity index is 770. The van der Waals surface area contributed by atoms with Gasteiger partial charge in [0.2, 0.25) is 0 Å². The van der Waals surface area contributed by atoms with E-state index in [2.05, 4.69) is 5.32 Å². The Morgan fingerprint density at radius 1 is 1.23 bits per heavy atom. The lowest BCUT2D eigenvalue weighted by molar-refractivity contribution is -0.133. The van der Waals surface area contributed by atoms with Gasteiger partial charge in [0.1, 0.15) is 5.82 Å². The van der Waals surface area contributed by atoms with Gasteiger partial charge >= 0.3 is 0 Å². The van der Waals surface area contributed by atoms with Crippen LogP contribution in [0.3, 0.4) is 0 Å². The van der Waals surface area contributed by atoms with Gasteiger partial charge in [-0.05, 0) is 37.3 Å². The fourth-order valence-corrected chi connectivity index (χ4v) is 2.60. The molecule has 0 saturated heterocycles. The van der Waals surface area contributed by atoms with Gasteiger partial charge in [0.15, 0.2) is 11.4 Å². The smallest absolute Gasteiger partial charge is 0.261 e. The van der Waals surface area contributed by atoms with E-state index in [-0.39, 0.29) is 12.0 Å². The highest BCUT2D eigenvalue weighted by molar-refractivity contribution is 6.09. The van der Waals surface area contributed by atoms with E-state index >= 15 is 0 Å². The highest BCUT2D eigenvalue weighted by atomic mass is 19.1. The summed E-state index contributed by atoms with van der Waals surface area (Å²) in [5.74, 6) is -1.49. The summed E-state index contributed by atoms with van der Waals surface area (Å²) < 4.78 is 12.9. The number of amides is 1. The molecular weight excluding hydrogens is 285 g/mol. The van der Waals surface area contributed by atoms with Gasteiger partial charge in [-0.1, -0.05) is 17.7 Å². The van der Waals surface area contributed by atoms with E-state index < -0.39 is 23.1 Å². The van der Waals surface area contributed by atoms with Gasteiger partial charge in [0.05, 0.1) is 6.42 Å². The summed E-state index contributed by atoms with van der Waals surface area (Å²) in [6, 6.07) is 10.2. The number of hydrogen-bond donors (Lipinski definition) is 2. The van der Waals surface area contributed by atoms with Crippen molar-refractivity contribution in [3.8, 4) is 0 Å². The molecule has 1 aliphatic heterocycles. The zero-order valence-corrected chi connectivity index (χ0v) is 11.9. The molecule has 5 heteroatoms. The zero-order valence-electron chi connectivity index (χ0n) is 11.9. The summed E-state index contributed by atoms with van der Waals surface area (Å²) in [4.78, 5) is 24.4. The molecule has 2 aromatic rings. The molecule has 22 heavy (non-hydrogen) atoms. The number of fused-ring (bicyclic) bond motifs is 1. The van der Waals surface area contributed by atoms with Crippen LogP contribution in [-0.4, -0.2) is 16.8 Å². The molecule has 1 amide bonds. The Balaban J connectivity index is 1.94. The second-order valence-corrected chi connectivity index (χ2v) is 5.47. The second-order valence-electron chi connectivity index (χ2n) is 5.47. The number of carbonyl (C=O) groups excluding carboxylic acids is 2. The molecule has 0 bridgehead atoms. The summed E-state index contributed by atoms with van der Waals surface area (Å²) in [6.07, 6.45) is -0.388. The van der Waals surface area contributed by atoms with Crippen molar-refractivity contribution in [1.29, 1.82) is 0 Å². The van der Waals surface area contributed by atoms with Crippen molar-refractivity contribution < 1.29 is 19.1 Å². The van der Waals surface area contributed by atoms with Crippen molar-refractivity contribution >= 4 is 17.4 Å². The maximum absolute atomic E-state index is 12.9. The van der Waals surface area contributed by atoms with E-state index in [0.717, 1.165) is 5.56 Å². The van der Waals surface area contributed by atoms with E-state index in [9.17, 15) is 19.1 Å². The maximum Gasteiger partial charge on any atom is 0.261 e. The Labute approximate surface area is 126 Å². The van der Waals surface area contributed by atoms with Crippen molar-refractivity contribution in [1.82, 2.24) is 0 Å². The van der Waals surface area contributed by atoms with Crippen LogP contribution in [0.4, 0.5) is 10.1 Å². The molecule has 1 atom stereocenters. The third-order valence-electron chi connectivity index (χ3n) is 3.83. The van der Waals surface area contributed by atoms with Crippen LogP contribution < -0.4 is 5.32 Å². The second kappa shape index (κ2) is 5.03. The SMILES string of the molecule is Cc1ccc2c(c1)[C@@](O)(CC(=O)c1ccc(F)cc1)C(=O)N2. The molecule has 0 radical (unpaired) electrons. The minimum absolute atomic E-state index is 0.253. The first-order chi connectivity index (χ1) is 10.4. The van der Waals surface area contributed by atoms with E-state index in [1.54, 1.807) is 12.1 Å². The topological polar surface area (TPSA) is 66.4 Å². The normalized spacial score (nSPS) is 19.7. The molecule has 0 aliphatic carbocycles. The molecule has 2 aromatic carbocycles. The Hall–Kier alpha value is -2.53. The number of halogens is 1. The van der Waals surface area contributed by atoms with Crippen LogP contribution in [-0.2, 0) is 10.4 Å². The van der Waals surface area contributed by atoms with Crippen LogP contribution in [0.25, 0.3) is 0 Å². The third-order valence-corrected chi connectivity index (χ3v) is 3.83. The van der Waals surface area contributed by atoms with Crippen LogP contribution in [0.15, 0.2) is 42.5 Å². The van der Waals surface area contributed by atoms with Gasteiger partial charge < -0.3 is 10.4 Å². The predicted molar refractivity (Wildman–Crippen MR) is 79.1 cm³/mol. The minimum atomic E-state index is -1.90. The van der Waals surface area contributed by atoms with Crippen LogP contribution in [0, 0.1) is 12.7 Å². The predicted octanol–water partition coefficient (Wildman–Crippen LogP) is 2.55. The average molecular weight is 299 g/mol. The lowest BCUT2D eigenvalue weighted by Gasteiger charge is -2.20. The number of rotatable bonds is 3. The Morgan fingerprint density at radius 2 is 1.91 bits per heavy atom. The number of aliphatic hydroxyl groups is 1. The first kappa shape index (κ1) is 14.4. The molecule has 4 nitrogen and oxygen atoms in total. The first-order valence-electron chi connectivity index (χ1n) is 6.84. The number of ketones is 1. The Kier molecular flexibility index (Phi) is 3.30. The molecular formula is C17H14FNO3. The maximum atomic E-state index is 12.9. The molecule has 0 aromatic heterocycles. The van der Waals surface area contributed by atoms with Gasteiger partial charge in [-0.2, -0.15) is 0 Å². The van der Waals surface area contributed by atoms with Crippen molar-refractivity contribution in [2.45, 2.75) is 18.9 Å².